The maximum atomic E-state index is 13.0. The Balaban J connectivity index is 1.59. The van der Waals surface area contributed by atoms with Gasteiger partial charge in [-0.05, 0) is 37.1 Å². The largest absolute Gasteiger partial charge is 0.348 e. The van der Waals surface area contributed by atoms with E-state index >= 15 is 0 Å². The Morgan fingerprint density at radius 2 is 1.52 bits per heavy atom. The Morgan fingerprint density at radius 1 is 0.935 bits per heavy atom. The van der Waals surface area contributed by atoms with Crippen molar-refractivity contribution in [1.82, 2.24) is 19.0 Å². The van der Waals surface area contributed by atoms with Crippen LogP contribution < -0.4 is 0 Å². The van der Waals surface area contributed by atoms with Crippen LogP contribution in [0.25, 0.3) is 0 Å². The Kier molecular flexibility index (Phi) is 7.72. The zero-order valence-electron chi connectivity index (χ0n) is 18.8. The fraction of sp³-hybridized carbons (Fsp3) is 0.636. The molecule has 0 radical (unpaired) electrons. The van der Waals surface area contributed by atoms with Crippen LogP contribution in [0, 0.1) is 0 Å². The van der Waals surface area contributed by atoms with E-state index in [2.05, 4.69) is 0 Å². The monoisotopic (exact) mass is 450 g/mol. The standard InChI is InChI=1S/C22H34N4O4S/c1-23(2)21(27)17-25-13-15-26(16-14-25)22(28)18-9-11-20(12-10-18)31(29,30)24(3)19-7-5-4-6-8-19/h9-12,19H,4-8,13-17H2,1-3H3. The Bertz CT molecular complexity index is 871. The van der Waals surface area contributed by atoms with Crippen molar-refractivity contribution in [1.29, 1.82) is 0 Å². The summed E-state index contributed by atoms with van der Waals surface area (Å²) in [6.45, 7) is 2.73. The summed E-state index contributed by atoms with van der Waals surface area (Å²) in [6.07, 6.45) is 5.10. The van der Waals surface area contributed by atoms with E-state index in [0.29, 0.717) is 38.3 Å². The lowest BCUT2D eigenvalue weighted by Gasteiger charge is -2.34. The summed E-state index contributed by atoms with van der Waals surface area (Å²) in [5.74, 6) is -0.0575. The molecule has 1 saturated carbocycles. The Hall–Kier alpha value is -1.97. The van der Waals surface area contributed by atoms with Crippen LogP contribution in [0.3, 0.4) is 0 Å². The number of hydrogen-bond acceptors (Lipinski definition) is 5. The quantitative estimate of drug-likeness (QED) is 0.656. The second-order valence-electron chi connectivity index (χ2n) is 8.69. The van der Waals surface area contributed by atoms with Crippen molar-refractivity contribution >= 4 is 21.8 Å². The second-order valence-corrected chi connectivity index (χ2v) is 10.7. The van der Waals surface area contributed by atoms with Crippen molar-refractivity contribution in [3.05, 3.63) is 29.8 Å². The third-order valence-electron chi connectivity index (χ3n) is 6.38. The van der Waals surface area contributed by atoms with Gasteiger partial charge in [0.25, 0.3) is 5.91 Å². The minimum atomic E-state index is -3.57. The first kappa shape index (κ1) is 23.7. The number of hydrogen-bond donors (Lipinski definition) is 0. The fourth-order valence-electron chi connectivity index (χ4n) is 4.20. The molecule has 0 spiro atoms. The molecule has 0 unspecified atom stereocenters. The van der Waals surface area contributed by atoms with Crippen LogP contribution in [0.2, 0.25) is 0 Å². The summed E-state index contributed by atoms with van der Waals surface area (Å²) in [6, 6.07) is 6.33. The molecule has 2 amide bonds. The van der Waals surface area contributed by atoms with Gasteiger partial charge in [-0.25, -0.2) is 8.42 Å². The molecule has 172 valence electrons. The second kappa shape index (κ2) is 10.1. The minimum Gasteiger partial charge on any atom is -0.348 e. The zero-order chi connectivity index (χ0) is 22.6. The van der Waals surface area contributed by atoms with Gasteiger partial charge in [0.15, 0.2) is 0 Å². The van der Waals surface area contributed by atoms with Crippen molar-refractivity contribution in [2.45, 2.75) is 43.0 Å². The van der Waals surface area contributed by atoms with Gasteiger partial charge in [0.1, 0.15) is 0 Å². The highest BCUT2D eigenvalue weighted by Crippen LogP contribution is 2.26. The van der Waals surface area contributed by atoms with Crippen LogP contribution in [0.15, 0.2) is 29.2 Å². The maximum Gasteiger partial charge on any atom is 0.253 e. The molecule has 2 aliphatic rings. The van der Waals surface area contributed by atoms with Gasteiger partial charge >= 0.3 is 0 Å². The molecule has 1 heterocycles. The van der Waals surface area contributed by atoms with Crippen LogP contribution in [0.4, 0.5) is 0 Å². The van der Waals surface area contributed by atoms with Crippen LogP contribution in [0.5, 0.6) is 0 Å². The number of carbonyl (C=O) groups excluding carboxylic acids is 2. The molecule has 0 N–H and O–H groups in total. The molecular formula is C22H34N4O4S. The molecule has 0 bridgehead atoms. The number of piperazine rings is 1. The lowest BCUT2D eigenvalue weighted by molar-refractivity contribution is -0.130. The summed E-state index contributed by atoms with van der Waals surface area (Å²) >= 11 is 0. The molecule has 1 aromatic carbocycles. The Morgan fingerprint density at radius 3 is 2.06 bits per heavy atom. The molecule has 1 saturated heterocycles. The molecule has 8 nitrogen and oxygen atoms in total. The molecule has 31 heavy (non-hydrogen) atoms. The third kappa shape index (κ3) is 5.64. The first-order chi connectivity index (χ1) is 14.7. The Labute approximate surface area is 185 Å². The SMILES string of the molecule is CN(C)C(=O)CN1CCN(C(=O)c2ccc(S(=O)(=O)N(C)C3CCCCC3)cc2)CC1. The summed E-state index contributed by atoms with van der Waals surface area (Å²) < 4.78 is 27.5. The predicted molar refractivity (Wildman–Crippen MR) is 119 cm³/mol. The molecule has 1 aliphatic carbocycles. The molecule has 0 atom stereocenters. The number of carbonyl (C=O) groups is 2. The average molecular weight is 451 g/mol. The van der Waals surface area contributed by atoms with E-state index in [1.54, 1.807) is 43.1 Å². The number of nitrogens with zero attached hydrogens (tertiary/aromatic N) is 4. The van der Waals surface area contributed by atoms with Crippen LogP contribution in [-0.2, 0) is 14.8 Å². The van der Waals surface area contributed by atoms with E-state index in [1.165, 1.54) is 22.9 Å². The normalized spacial score (nSPS) is 18.9. The molecule has 3 rings (SSSR count). The van der Waals surface area contributed by atoms with Gasteiger partial charge in [-0.1, -0.05) is 19.3 Å². The number of rotatable bonds is 6. The van der Waals surface area contributed by atoms with E-state index in [4.69, 9.17) is 0 Å². The van der Waals surface area contributed by atoms with Gasteiger partial charge in [0.2, 0.25) is 15.9 Å². The maximum absolute atomic E-state index is 13.0. The smallest absolute Gasteiger partial charge is 0.253 e. The molecule has 0 aromatic heterocycles. The molecular weight excluding hydrogens is 416 g/mol. The van der Waals surface area contributed by atoms with Crippen molar-refractivity contribution in [2.24, 2.45) is 0 Å². The van der Waals surface area contributed by atoms with E-state index in [1.807, 2.05) is 4.90 Å². The lowest BCUT2D eigenvalue weighted by atomic mass is 9.96. The lowest BCUT2D eigenvalue weighted by Crippen LogP contribution is -2.51. The zero-order valence-corrected chi connectivity index (χ0v) is 19.6. The highest BCUT2D eigenvalue weighted by atomic mass is 32.2. The molecule has 1 aliphatic heterocycles. The van der Waals surface area contributed by atoms with Gasteiger partial charge in [0.05, 0.1) is 11.4 Å². The molecule has 1 aromatic rings. The highest BCUT2D eigenvalue weighted by molar-refractivity contribution is 7.89. The summed E-state index contributed by atoms with van der Waals surface area (Å²) in [4.78, 5) is 30.3. The number of amides is 2. The summed E-state index contributed by atoms with van der Waals surface area (Å²) in [7, 11) is 1.56. The van der Waals surface area contributed by atoms with Gasteiger partial charge < -0.3 is 9.80 Å². The van der Waals surface area contributed by atoms with Gasteiger partial charge in [0, 0.05) is 58.9 Å². The number of likely N-dealkylation sites (N-methyl/N-ethyl adjacent to an activating group) is 1. The van der Waals surface area contributed by atoms with E-state index in [-0.39, 0.29) is 22.8 Å². The number of benzene rings is 1. The fourth-order valence-corrected chi connectivity index (χ4v) is 5.62. The topological polar surface area (TPSA) is 81.2 Å². The third-order valence-corrected chi connectivity index (χ3v) is 8.31. The van der Waals surface area contributed by atoms with Crippen LogP contribution >= 0.6 is 0 Å². The highest BCUT2D eigenvalue weighted by Gasteiger charge is 2.29. The summed E-state index contributed by atoms with van der Waals surface area (Å²) in [5, 5.41) is 0. The van der Waals surface area contributed by atoms with Crippen LogP contribution in [0.1, 0.15) is 42.5 Å². The first-order valence-corrected chi connectivity index (χ1v) is 12.4. The van der Waals surface area contributed by atoms with Gasteiger partial charge in [-0.2, -0.15) is 4.31 Å². The van der Waals surface area contributed by atoms with Crippen molar-refractivity contribution in [3.63, 3.8) is 0 Å². The first-order valence-electron chi connectivity index (χ1n) is 11.0. The van der Waals surface area contributed by atoms with Crippen molar-refractivity contribution < 1.29 is 18.0 Å². The molecule has 2 fully saturated rings. The van der Waals surface area contributed by atoms with Gasteiger partial charge in [-0.15, -0.1) is 0 Å². The van der Waals surface area contributed by atoms with E-state index in [0.717, 1.165) is 25.7 Å². The summed E-state index contributed by atoms with van der Waals surface area (Å²) in [5.41, 5.74) is 0.483. The van der Waals surface area contributed by atoms with Crippen molar-refractivity contribution in [3.8, 4) is 0 Å². The van der Waals surface area contributed by atoms with Crippen LogP contribution in [-0.4, -0.2) is 99.1 Å². The predicted octanol–water partition coefficient (Wildman–Crippen LogP) is 1.49. The number of sulfonamides is 1. The van der Waals surface area contributed by atoms with E-state index in [9.17, 15) is 18.0 Å². The van der Waals surface area contributed by atoms with Gasteiger partial charge in [-0.3, -0.25) is 14.5 Å². The molecule has 9 heteroatoms. The average Bonchev–Trinajstić information content (AvgIpc) is 2.79. The van der Waals surface area contributed by atoms with Crippen molar-refractivity contribution in [2.75, 3.05) is 53.9 Å². The minimum absolute atomic E-state index is 0.0507. The van der Waals surface area contributed by atoms with E-state index < -0.39 is 10.0 Å².